The lowest BCUT2D eigenvalue weighted by atomic mass is 9.94. The Hall–Kier alpha value is -2.89. The van der Waals surface area contributed by atoms with E-state index in [1.165, 1.54) is 11.7 Å². The van der Waals surface area contributed by atoms with Gasteiger partial charge in [-0.3, -0.25) is 9.36 Å². The number of fused-ring (bicyclic) bond motifs is 1. The molecule has 3 aromatic rings. The molecule has 8 nitrogen and oxygen atoms in total. The van der Waals surface area contributed by atoms with Crippen molar-refractivity contribution in [2.75, 3.05) is 20.3 Å². The summed E-state index contributed by atoms with van der Waals surface area (Å²) in [6, 6.07) is 7.89. The van der Waals surface area contributed by atoms with Gasteiger partial charge >= 0.3 is 5.97 Å². The molecule has 0 radical (unpaired) electrons. The zero-order valence-electron chi connectivity index (χ0n) is 20.5. The SMILES string of the molecule is CCOC(=O)C1=C(C)N=c2s/c(=C/c3cc(Br)cc(Br)c3O)c(=O)n2[C@H]1c1cccc(OC)c1OCC. The second-order valence-corrected chi connectivity index (χ2v) is 10.7. The van der Waals surface area contributed by atoms with Crippen LogP contribution in [0.25, 0.3) is 6.08 Å². The number of nitrogens with zero attached hydrogens (tertiary/aromatic N) is 2. The van der Waals surface area contributed by atoms with E-state index in [4.69, 9.17) is 14.2 Å². The van der Waals surface area contributed by atoms with Crippen LogP contribution >= 0.6 is 43.2 Å². The fraction of sp³-hybridized carbons (Fsp3) is 0.269. The quantitative estimate of drug-likeness (QED) is 0.380. The highest BCUT2D eigenvalue weighted by Crippen LogP contribution is 2.41. The third-order valence-corrected chi connectivity index (χ3v) is 7.72. The third-order valence-electron chi connectivity index (χ3n) is 5.67. The molecule has 194 valence electrons. The largest absolute Gasteiger partial charge is 0.506 e. The first-order valence-corrected chi connectivity index (χ1v) is 13.8. The van der Waals surface area contributed by atoms with Gasteiger partial charge in [0.2, 0.25) is 0 Å². The Kier molecular flexibility index (Phi) is 8.25. The number of aromatic hydroxyl groups is 1. The summed E-state index contributed by atoms with van der Waals surface area (Å²) >= 11 is 7.91. The maximum atomic E-state index is 13.9. The number of carbonyl (C=O) groups excluding carboxylic acids is 1. The van der Waals surface area contributed by atoms with Gasteiger partial charge in [0.25, 0.3) is 5.56 Å². The Morgan fingerprint density at radius 3 is 2.68 bits per heavy atom. The van der Waals surface area contributed by atoms with E-state index in [1.807, 2.05) is 6.92 Å². The number of allylic oxidation sites excluding steroid dienone is 1. The number of methoxy groups -OCH3 is 1. The van der Waals surface area contributed by atoms with Crippen molar-refractivity contribution in [2.45, 2.75) is 26.8 Å². The normalized spacial score (nSPS) is 15.3. The van der Waals surface area contributed by atoms with Crippen molar-refractivity contribution < 1.29 is 24.1 Å². The van der Waals surface area contributed by atoms with Crippen LogP contribution in [0.1, 0.15) is 37.9 Å². The second-order valence-electron chi connectivity index (χ2n) is 7.94. The highest BCUT2D eigenvalue weighted by Gasteiger charge is 2.36. The summed E-state index contributed by atoms with van der Waals surface area (Å²) in [5.41, 5.74) is 1.32. The minimum Gasteiger partial charge on any atom is -0.506 e. The molecule has 0 unspecified atom stereocenters. The fourth-order valence-corrected chi connectivity index (χ4v) is 6.43. The van der Waals surface area contributed by atoms with E-state index in [1.54, 1.807) is 50.3 Å². The molecule has 1 aliphatic heterocycles. The maximum Gasteiger partial charge on any atom is 0.338 e. The number of phenolic OH excluding ortho intramolecular Hbond substituents is 1. The second kappa shape index (κ2) is 11.2. The molecule has 0 bridgehead atoms. The molecule has 11 heteroatoms. The monoisotopic (exact) mass is 650 g/mol. The van der Waals surface area contributed by atoms with E-state index in [-0.39, 0.29) is 23.5 Å². The van der Waals surface area contributed by atoms with Crippen LogP contribution < -0.4 is 24.4 Å². The van der Waals surface area contributed by atoms with Gasteiger partial charge in [0.15, 0.2) is 16.3 Å². The van der Waals surface area contributed by atoms with Gasteiger partial charge in [0.1, 0.15) is 11.8 Å². The summed E-state index contributed by atoms with van der Waals surface area (Å²) in [4.78, 5) is 32.0. The van der Waals surface area contributed by atoms with E-state index in [9.17, 15) is 14.7 Å². The molecular formula is C26H24Br2N2O6S. The Morgan fingerprint density at radius 2 is 2.00 bits per heavy atom. The van der Waals surface area contributed by atoms with E-state index < -0.39 is 12.0 Å². The number of hydrogen-bond acceptors (Lipinski definition) is 8. The van der Waals surface area contributed by atoms with Crippen LogP contribution in [0.2, 0.25) is 0 Å². The van der Waals surface area contributed by atoms with Crippen LogP contribution in [0.3, 0.4) is 0 Å². The number of para-hydroxylation sites is 1. The molecule has 2 heterocycles. The van der Waals surface area contributed by atoms with Gasteiger partial charge < -0.3 is 19.3 Å². The molecular weight excluding hydrogens is 628 g/mol. The molecule has 1 N–H and O–H groups in total. The van der Waals surface area contributed by atoms with Crippen molar-refractivity contribution in [3.63, 3.8) is 0 Å². The molecule has 37 heavy (non-hydrogen) atoms. The Morgan fingerprint density at radius 1 is 1.24 bits per heavy atom. The van der Waals surface area contributed by atoms with Gasteiger partial charge in [0, 0.05) is 15.6 Å². The lowest BCUT2D eigenvalue weighted by molar-refractivity contribution is -0.139. The minimum absolute atomic E-state index is 0.000377. The molecule has 0 fully saturated rings. The van der Waals surface area contributed by atoms with Crippen molar-refractivity contribution >= 4 is 55.2 Å². The van der Waals surface area contributed by atoms with Crippen molar-refractivity contribution in [1.82, 2.24) is 4.57 Å². The summed E-state index contributed by atoms with van der Waals surface area (Å²) < 4.78 is 19.9. The number of thiazole rings is 1. The number of phenols is 1. The smallest absolute Gasteiger partial charge is 0.338 e. The van der Waals surface area contributed by atoms with Gasteiger partial charge in [0.05, 0.1) is 40.6 Å². The Bertz CT molecular complexity index is 1590. The highest BCUT2D eigenvalue weighted by atomic mass is 79.9. The number of esters is 1. The van der Waals surface area contributed by atoms with Gasteiger partial charge in [-0.05, 0) is 61.0 Å². The Balaban J connectivity index is 2.04. The van der Waals surface area contributed by atoms with Gasteiger partial charge in [-0.1, -0.05) is 39.4 Å². The minimum atomic E-state index is -0.864. The number of ether oxygens (including phenoxy) is 3. The average molecular weight is 652 g/mol. The molecule has 0 aliphatic carbocycles. The van der Waals surface area contributed by atoms with E-state index in [0.717, 1.165) is 15.8 Å². The van der Waals surface area contributed by atoms with Crippen molar-refractivity contribution in [1.29, 1.82) is 0 Å². The zero-order valence-corrected chi connectivity index (χ0v) is 24.5. The van der Waals surface area contributed by atoms with Crippen molar-refractivity contribution in [3.05, 3.63) is 81.4 Å². The number of hydrogen-bond donors (Lipinski definition) is 1. The number of halogens is 2. The number of rotatable bonds is 7. The highest BCUT2D eigenvalue weighted by molar-refractivity contribution is 9.11. The number of carbonyl (C=O) groups is 1. The summed E-state index contributed by atoms with van der Waals surface area (Å²) in [6.07, 6.45) is 1.60. The fourth-order valence-electron chi connectivity index (χ4n) is 4.13. The van der Waals surface area contributed by atoms with Crippen LogP contribution in [0.4, 0.5) is 0 Å². The lowest BCUT2D eigenvalue weighted by Crippen LogP contribution is -2.40. The summed E-state index contributed by atoms with van der Waals surface area (Å²) in [5, 5.41) is 10.5. The number of aromatic nitrogens is 1. The lowest BCUT2D eigenvalue weighted by Gasteiger charge is -2.26. The van der Waals surface area contributed by atoms with Crippen molar-refractivity contribution in [2.24, 2.45) is 4.99 Å². The molecule has 1 aliphatic rings. The maximum absolute atomic E-state index is 13.9. The third kappa shape index (κ3) is 5.12. The molecule has 4 rings (SSSR count). The number of benzene rings is 2. The molecule has 0 amide bonds. The van der Waals surface area contributed by atoms with Gasteiger partial charge in [-0.15, -0.1) is 0 Å². The van der Waals surface area contributed by atoms with Gasteiger partial charge in [-0.2, -0.15) is 0 Å². The summed E-state index contributed by atoms with van der Waals surface area (Å²) in [5.74, 6) is 0.336. The van der Waals surface area contributed by atoms with Crippen molar-refractivity contribution in [3.8, 4) is 17.2 Å². The Labute approximate surface area is 233 Å². The predicted octanol–water partition coefficient (Wildman–Crippen LogP) is 4.44. The first kappa shape index (κ1) is 27.2. The van der Waals surface area contributed by atoms with Crippen LogP contribution in [0.15, 0.2) is 60.3 Å². The van der Waals surface area contributed by atoms with Crippen LogP contribution in [0.5, 0.6) is 17.2 Å². The zero-order chi connectivity index (χ0) is 26.9. The topological polar surface area (TPSA) is 99.4 Å². The first-order valence-electron chi connectivity index (χ1n) is 11.4. The molecule has 2 aromatic carbocycles. The molecule has 0 saturated heterocycles. The first-order chi connectivity index (χ1) is 17.7. The van der Waals surface area contributed by atoms with Crippen LogP contribution in [-0.4, -0.2) is 36.0 Å². The average Bonchev–Trinajstić information content (AvgIpc) is 3.16. The van der Waals surface area contributed by atoms with E-state index in [0.29, 0.717) is 48.7 Å². The molecule has 0 saturated carbocycles. The van der Waals surface area contributed by atoms with Crippen LogP contribution in [0, 0.1) is 0 Å². The standard InChI is InChI=1S/C26H24Br2N2O6S/c1-5-35-23-16(8-7-9-18(23)34-4)21-20(25(33)36-6-2)13(3)29-26-30(21)24(32)19(37-26)11-14-10-15(27)12-17(28)22(14)31/h7-12,21,31H,5-6H2,1-4H3/b19-11+/t21-/m0/s1. The van der Waals surface area contributed by atoms with E-state index >= 15 is 0 Å². The molecule has 0 spiro atoms. The predicted molar refractivity (Wildman–Crippen MR) is 148 cm³/mol. The van der Waals surface area contributed by atoms with E-state index in [2.05, 4.69) is 36.9 Å². The molecule has 1 aromatic heterocycles. The molecule has 1 atom stereocenters. The van der Waals surface area contributed by atoms with Crippen LogP contribution in [-0.2, 0) is 9.53 Å². The summed E-state index contributed by atoms with van der Waals surface area (Å²) in [6.45, 7) is 5.80. The van der Waals surface area contributed by atoms with Gasteiger partial charge in [-0.25, -0.2) is 9.79 Å². The summed E-state index contributed by atoms with van der Waals surface area (Å²) in [7, 11) is 1.53.